The van der Waals surface area contributed by atoms with Gasteiger partial charge in [-0.15, -0.1) is 0 Å². The van der Waals surface area contributed by atoms with Gasteiger partial charge in [0.1, 0.15) is 0 Å². The van der Waals surface area contributed by atoms with E-state index >= 15 is 0 Å². The number of rotatable bonds is 3. The maximum absolute atomic E-state index is 12.4. The highest BCUT2D eigenvalue weighted by atomic mass is 32.2. The molecule has 7 heteroatoms. The quantitative estimate of drug-likeness (QED) is 0.860. The largest absolute Gasteiger partial charge is 0.416 e. The summed E-state index contributed by atoms with van der Waals surface area (Å²) in [5.41, 5.74) is 0.0668. The minimum Gasteiger partial charge on any atom is -0.298 e. The molecule has 3 nitrogen and oxygen atoms in total. The third kappa shape index (κ3) is 3.73. The van der Waals surface area contributed by atoms with Crippen LogP contribution >= 0.6 is 0 Å². The number of sulfone groups is 1. The first kappa shape index (κ1) is 15.3. The standard InChI is InChI=1S/C13H16F3NO2S/c1-17(12-6-7-20(18,19)9-12)8-10-2-4-11(5-3-10)13(14,15)16/h2-5,12H,6-9H2,1H3. The SMILES string of the molecule is CN(Cc1ccc(C(F)(F)F)cc1)C1CCS(=O)(=O)C1. The molecule has 1 aromatic carbocycles. The number of hydrogen-bond donors (Lipinski definition) is 0. The summed E-state index contributed by atoms with van der Waals surface area (Å²) >= 11 is 0. The molecule has 0 amide bonds. The average Bonchev–Trinajstić information content (AvgIpc) is 2.69. The summed E-state index contributed by atoms with van der Waals surface area (Å²) in [5.74, 6) is 0.319. The summed E-state index contributed by atoms with van der Waals surface area (Å²) in [7, 11) is -1.15. The van der Waals surface area contributed by atoms with Crippen LogP contribution in [-0.4, -0.2) is 37.9 Å². The van der Waals surface area contributed by atoms with Crippen molar-refractivity contribution in [2.45, 2.75) is 25.2 Å². The van der Waals surface area contributed by atoms with Crippen molar-refractivity contribution >= 4 is 9.84 Å². The van der Waals surface area contributed by atoms with E-state index in [1.807, 2.05) is 4.90 Å². The van der Waals surface area contributed by atoms with E-state index in [1.54, 1.807) is 7.05 Å². The first-order valence-corrected chi connectivity index (χ1v) is 8.06. The topological polar surface area (TPSA) is 37.4 Å². The molecule has 20 heavy (non-hydrogen) atoms. The minimum absolute atomic E-state index is 0.0534. The number of halogens is 3. The Morgan fingerprint density at radius 3 is 2.30 bits per heavy atom. The highest BCUT2D eigenvalue weighted by molar-refractivity contribution is 7.91. The molecule has 0 aliphatic carbocycles. The van der Waals surface area contributed by atoms with E-state index in [4.69, 9.17) is 0 Å². The van der Waals surface area contributed by atoms with Gasteiger partial charge in [-0.2, -0.15) is 13.2 Å². The summed E-state index contributed by atoms with van der Waals surface area (Å²) in [6.45, 7) is 0.443. The Morgan fingerprint density at radius 2 is 1.85 bits per heavy atom. The van der Waals surface area contributed by atoms with Crippen LogP contribution in [0.2, 0.25) is 0 Å². The number of benzene rings is 1. The summed E-state index contributed by atoms with van der Waals surface area (Å²) in [5, 5.41) is 0. The van der Waals surface area contributed by atoms with Gasteiger partial charge in [-0.1, -0.05) is 12.1 Å². The Kier molecular flexibility index (Phi) is 4.11. The van der Waals surface area contributed by atoms with E-state index in [2.05, 4.69) is 0 Å². The molecule has 0 spiro atoms. The van der Waals surface area contributed by atoms with Crippen LogP contribution < -0.4 is 0 Å². The molecule has 0 bridgehead atoms. The molecule has 0 N–H and O–H groups in total. The average molecular weight is 307 g/mol. The van der Waals surface area contributed by atoms with Crippen LogP contribution in [0.25, 0.3) is 0 Å². The molecule has 0 saturated carbocycles. The van der Waals surface area contributed by atoms with Crippen molar-refractivity contribution in [3.05, 3.63) is 35.4 Å². The third-order valence-corrected chi connectivity index (χ3v) is 5.30. The highest BCUT2D eigenvalue weighted by Gasteiger charge is 2.31. The van der Waals surface area contributed by atoms with Crippen LogP contribution in [0.1, 0.15) is 17.5 Å². The molecule has 0 radical (unpaired) electrons. The van der Waals surface area contributed by atoms with Crippen molar-refractivity contribution in [1.29, 1.82) is 0 Å². The van der Waals surface area contributed by atoms with Crippen LogP contribution in [0, 0.1) is 0 Å². The summed E-state index contributed by atoms with van der Waals surface area (Å²) < 4.78 is 60.1. The molecule has 2 rings (SSSR count). The van der Waals surface area contributed by atoms with Crippen LogP contribution in [0.4, 0.5) is 13.2 Å². The zero-order valence-electron chi connectivity index (χ0n) is 11.0. The second kappa shape index (κ2) is 5.37. The van der Waals surface area contributed by atoms with E-state index < -0.39 is 21.6 Å². The van der Waals surface area contributed by atoms with Crippen molar-refractivity contribution in [1.82, 2.24) is 4.90 Å². The fourth-order valence-electron chi connectivity index (χ4n) is 2.34. The van der Waals surface area contributed by atoms with Crippen LogP contribution in [-0.2, 0) is 22.6 Å². The zero-order valence-corrected chi connectivity index (χ0v) is 11.8. The molecular formula is C13H16F3NO2S. The summed E-state index contributed by atoms with van der Waals surface area (Å²) in [4.78, 5) is 1.88. The molecule has 1 unspecified atom stereocenters. The van der Waals surface area contributed by atoms with Gasteiger partial charge in [-0.25, -0.2) is 8.42 Å². The van der Waals surface area contributed by atoms with Crippen molar-refractivity contribution in [3.63, 3.8) is 0 Å². The fourth-order valence-corrected chi connectivity index (χ4v) is 4.14. The molecular weight excluding hydrogens is 291 g/mol. The van der Waals surface area contributed by atoms with Crippen LogP contribution in [0.15, 0.2) is 24.3 Å². The number of hydrogen-bond acceptors (Lipinski definition) is 3. The van der Waals surface area contributed by atoms with Gasteiger partial charge in [-0.3, -0.25) is 4.90 Å². The van der Waals surface area contributed by atoms with E-state index in [9.17, 15) is 21.6 Å². The number of alkyl halides is 3. The van der Waals surface area contributed by atoms with E-state index in [-0.39, 0.29) is 17.5 Å². The van der Waals surface area contributed by atoms with E-state index in [1.165, 1.54) is 12.1 Å². The van der Waals surface area contributed by atoms with Gasteiger partial charge in [0.25, 0.3) is 0 Å². The maximum atomic E-state index is 12.4. The lowest BCUT2D eigenvalue weighted by Crippen LogP contribution is -2.32. The Balaban J connectivity index is 2.00. The van der Waals surface area contributed by atoms with Gasteiger partial charge < -0.3 is 0 Å². The Labute approximate surface area is 116 Å². The van der Waals surface area contributed by atoms with Crippen molar-refractivity contribution < 1.29 is 21.6 Å². The van der Waals surface area contributed by atoms with Gasteiger partial charge >= 0.3 is 6.18 Å². The van der Waals surface area contributed by atoms with Crippen LogP contribution in [0.3, 0.4) is 0 Å². The second-order valence-corrected chi connectivity index (χ2v) is 7.40. The van der Waals surface area contributed by atoms with Gasteiger partial charge in [-0.05, 0) is 31.2 Å². The Morgan fingerprint density at radius 1 is 1.25 bits per heavy atom. The fraction of sp³-hybridized carbons (Fsp3) is 0.538. The zero-order chi connectivity index (χ0) is 15.0. The van der Waals surface area contributed by atoms with Crippen molar-refractivity contribution in [3.8, 4) is 0 Å². The summed E-state index contributed by atoms with van der Waals surface area (Å²) in [6.07, 6.45) is -3.75. The molecule has 1 fully saturated rings. The molecule has 1 aliphatic heterocycles. The molecule has 1 atom stereocenters. The minimum atomic E-state index is -4.33. The molecule has 1 heterocycles. The maximum Gasteiger partial charge on any atom is 0.416 e. The third-order valence-electron chi connectivity index (χ3n) is 3.54. The van der Waals surface area contributed by atoms with Gasteiger partial charge in [0.2, 0.25) is 0 Å². The van der Waals surface area contributed by atoms with E-state index in [0.717, 1.165) is 17.7 Å². The predicted molar refractivity (Wildman–Crippen MR) is 70.0 cm³/mol. The second-order valence-electron chi connectivity index (χ2n) is 5.17. The molecule has 1 saturated heterocycles. The predicted octanol–water partition coefficient (Wildman–Crippen LogP) is 2.32. The molecule has 1 aromatic rings. The first-order chi connectivity index (χ1) is 9.17. The summed E-state index contributed by atoms with van der Waals surface area (Å²) in [6, 6.07) is 4.91. The number of nitrogens with zero attached hydrogens (tertiary/aromatic N) is 1. The lowest BCUT2D eigenvalue weighted by atomic mass is 10.1. The monoisotopic (exact) mass is 307 g/mol. The normalized spacial score (nSPS) is 22.4. The Bertz CT molecular complexity index is 566. The van der Waals surface area contributed by atoms with Crippen LogP contribution in [0.5, 0.6) is 0 Å². The first-order valence-electron chi connectivity index (χ1n) is 6.24. The Hall–Kier alpha value is -1.08. The molecule has 1 aliphatic rings. The smallest absolute Gasteiger partial charge is 0.298 e. The van der Waals surface area contributed by atoms with Crippen molar-refractivity contribution in [2.75, 3.05) is 18.6 Å². The lowest BCUT2D eigenvalue weighted by molar-refractivity contribution is -0.137. The van der Waals surface area contributed by atoms with Gasteiger partial charge in [0.15, 0.2) is 9.84 Å². The molecule has 0 aromatic heterocycles. The van der Waals surface area contributed by atoms with Gasteiger partial charge in [0, 0.05) is 12.6 Å². The molecule has 112 valence electrons. The van der Waals surface area contributed by atoms with E-state index in [0.29, 0.717) is 13.0 Å². The van der Waals surface area contributed by atoms with Crippen molar-refractivity contribution in [2.24, 2.45) is 0 Å². The highest BCUT2D eigenvalue weighted by Crippen LogP contribution is 2.29. The van der Waals surface area contributed by atoms with Gasteiger partial charge in [0.05, 0.1) is 17.1 Å². The lowest BCUT2D eigenvalue weighted by Gasteiger charge is -2.23.